The Hall–Kier alpha value is -4.00. The van der Waals surface area contributed by atoms with Gasteiger partial charge in [0.05, 0.1) is 29.0 Å². The molecule has 0 radical (unpaired) electrons. The molecule has 0 saturated heterocycles. The van der Waals surface area contributed by atoms with Crippen molar-refractivity contribution in [2.75, 3.05) is 0 Å². The number of hydrogen-bond acceptors (Lipinski definition) is 4. The number of benzene rings is 2. The van der Waals surface area contributed by atoms with E-state index >= 15 is 0 Å². The lowest BCUT2D eigenvalue weighted by atomic mass is 10.1. The molecule has 4 rings (SSSR count). The molecule has 7 nitrogen and oxygen atoms in total. The Labute approximate surface area is 180 Å². The second-order valence-electron chi connectivity index (χ2n) is 7.25. The van der Waals surface area contributed by atoms with E-state index in [2.05, 4.69) is 32.7 Å². The van der Waals surface area contributed by atoms with Crippen molar-refractivity contribution >= 4 is 12.1 Å². The third-order valence-electron chi connectivity index (χ3n) is 5.14. The highest BCUT2D eigenvalue weighted by Crippen LogP contribution is 2.27. The van der Waals surface area contributed by atoms with Gasteiger partial charge in [0.1, 0.15) is 5.69 Å². The van der Waals surface area contributed by atoms with Crippen molar-refractivity contribution in [3.63, 3.8) is 0 Å². The minimum atomic E-state index is -0.356. The van der Waals surface area contributed by atoms with Crippen molar-refractivity contribution in [3.8, 4) is 16.9 Å². The van der Waals surface area contributed by atoms with E-state index in [1.165, 1.54) is 5.56 Å². The van der Waals surface area contributed by atoms with E-state index in [1.54, 1.807) is 12.3 Å². The number of hydrazone groups is 1. The van der Waals surface area contributed by atoms with Crippen LogP contribution in [0.4, 0.5) is 0 Å². The molecule has 2 aromatic carbocycles. The molecule has 2 aromatic heterocycles. The second-order valence-corrected chi connectivity index (χ2v) is 7.25. The lowest BCUT2D eigenvalue weighted by Crippen LogP contribution is -2.18. The number of aromatic amines is 1. The first-order valence-corrected chi connectivity index (χ1v) is 10.2. The number of rotatable bonds is 6. The predicted molar refractivity (Wildman–Crippen MR) is 121 cm³/mol. The summed E-state index contributed by atoms with van der Waals surface area (Å²) in [6.45, 7) is 6.03. The Morgan fingerprint density at radius 3 is 2.58 bits per heavy atom. The number of amides is 1. The summed E-state index contributed by atoms with van der Waals surface area (Å²) in [4.78, 5) is 12.5. The third-order valence-corrected chi connectivity index (χ3v) is 5.14. The van der Waals surface area contributed by atoms with Crippen molar-refractivity contribution in [1.82, 2.24) is 25.4 Å². The quantitative estimate of drug-likeness (QED) is 0.367. The molecule has 31 heavy (non-hydrogen) atoms. The topological polar surface area (TPSA) is 88.0 Å². The number of aromatic nitrogens is 4. The molecule has 0 fully saturated rings. The smallest absolute Gasteiger partial charge is 0.272 e. The molecule has 156 valence electrons. The van der Waals surface area contributed by atoms with Crippen molar-refractivity contribution < 1.29 is 4.79 Å². The normalized spacial score (nSPS) is 11.2. The summed E-state index contributed by atoms with van der Waals surface area (Å²) in [6, 6.07) is 19.7. The zero-order valence-electron chi connectivity index (χ0n) is 17.8. The van der Waals surface area contributed by atoms with E-state index in [4.69, 9.17) is 0 Å². The van der Waals surface area contributed by atoms with Gasteiger partial charge >= 0.3 is 0 Å². The summed E-state index contributed by atoms with van der Waals surface area (Å²) in [5.41, 5.74) is 9.39. The molecule has 4 aromatic rings. The van der Waals surface area contributed by atoms with E-state index in [-0.39, 0.29) is 5.91 Å². The lowest BCUT2D eigenvalue weighted by Gasteiger charge is -2.04. The fourth-order valence-corrected chi connectivity index (χ4v) is 3.47. The molecule has 0 atom stereocenters. The number of carbonyl (C=O) groups excluding carboxylic acids is 1. The first-order valence-electron chi connectivity index (χ1n) is 10.2. The van der Waals surface area contributed by atoms with Crippen LogP contribution in [0.15, 0.2) is 65.8 Å². The summed E-state index contributed by atoms with van der Waals surface area (Å²) in [6.07, 6.45) is 2.60. The van der Waals surface area contributed by atoms with Gasteiger partial charge in [-0.05, 0) is 49.6 Å². The Balaban J connectivity index is 1.50. The number of nitrogens with one attached hydrogen (secondary N) is 2. The molecular formula is C24H24N6O. The predicted octanol–water partition coefficient (Wildman–Crippen LogP) is 4.21. The van der Waals surface area contributed by atoms with Crippen LogP contribution in [0.3, 0.4) is 0 Å². The van der Waals surface area contributed by atoms with Gasteiger partial charge in [-0.25, -0.2) is 10.1 Å². The number of H-pyrrole nitrogens is 1. The minimum absolute atomic E-state index is 0.333. The van der Waals surface area contributed by atoms with Gasteiger partial charge in [-0.1, -0.05) is 49.4 Å². The highest BCUT2D eigenvalue weighted by Gasteiger charge is 2.18. The van der Waals surface area contributed by atoms with E-state index in [1.807, 2.05) is 73.1 Å². The average molecular weight is 412 g/mol. The maximum atomic E-state index is 12.5. The highest BCUT2D eigenvalue weighted by atomic mass is 16.2. The second kappa shape index (κ2) is 8.79. The Morgan fingerprint density at radius 1 is 1.13 bits per heavy atom. The first-order chi connectivity index (χ1) is 15.1. The third kappa shape index (κ3) is 4.30. The molecule has 0 aliphatic heterocycles. The van der Waals surface area contributed by atoms with Crippen molar-refractivity contribution in [2.45, 2.75) is 27.2 Å². The SMILES string of the molecule is CCc1ccc(C=NNC(=O)c2cc(-c3c(C)nn(-c4ccccc4)c3C)n[nH]2)cc1. The molecule has 0 spiro atoms. The van der Waals surface area contributed by atoms with Crippen LogP contribution in [0.2, 0.25) is 0 Å². The van der Waals surface area contributed by atoms with Gasteiger partial charge in [-0.2, -0.15) is 15.3 Å². The van der Waals surface area contributed by atoms with E-state index in [0.29, 0.717) is 11.4 Å². The fourth-order valence-electron chi connectivity index (χ4n) is 3.47. The van der Waals surface area contributed by atoms with Crippen LogP contribution in [0.5, 0.6) is 0 Å². The zero-order chi connectivity index (χ0) is 21.8. The van der Waals surface area contributed by atoms with Crippen molar-refractivity contribution in [3.05, 3.63) is 88.9 Å². The van der Waals surface area contributed by atoms with E-state index in [0.717, 1.165) is 34.6 Å². The Kier molecular flexibility index (Phi) is 5.75. The number of nitrogens with zero attached hydrogens (tertiary/aromatic N) is 4. The van der Waals surface area contributed by atoms with Crippen LogP contribution in [-0.2, 0) is 6.42 Å². The molecular weight excluding hydrogens is 388 g/mol. The number of hydrogen-bond donors (Lipinski definition) is 2. The average Bonchev–Trinajstić information content (AvgIpc) is 3.39. The molecule has 1 amide bonds. The molecule has 2 heterocycles. The standard InChI is InChI=1S/C24H24N6O/c1-4-18-10-12-19(13-11-18)15-25-28-24(31)22-14-21(26-27-22)23-16(2)29-30(17(23)3)20-8-6-5-7-9-20/h5-15H,4H2,1-3H3,(H,26,27)(H,28,31). The molecule has 2 N–H and O–H groups in total. The van der Waals surface area contributed by atoms with Crippen LogP contribution >= 0.6 is 0 Å². The number of carbonyl (C=O) groups is 1. The van der Waals surface area contributed by atoms with Crippen LogP contribution in [-0.4, -0.2) is 32.1 Å². The van der Waals surface area contributed by atoms with Crippen LogP contribution in [0.1, 0.15) is 39.9 Å². The molecule has 0 bridgehead atoms. The molecule has 0 aliphatic rings. The van der Waals surface area contributed by atoms with E-state index < -0.39 is 0 Å². The van der Waals surface area contributed by atoms with Crippen molar-refractivity contribution in [1.29, 1.82) is 0 Å². The first kappa shape index (κ1) is 20.3. The van der Waals surface area contributed by atoms with Gasteiger partial charge in [0.15, 0.2) is 0 Å². The van der Waals surface area contributed by atoms with Gasteiger partial charge in [0.25, 0.3) is 5.91 Å². The van der Waals surface area contributed by atoms with Crippen LogP contribution in [0, 0.1) is 13.8 Å². The molecule has 0 unspecified atom stereocenters. The van der Waals surface area contributed by atoms with Crippen molar-refractivity contribution in [2.24, 2.45) is 5.10 Å². The van der Waals surface area contributed by atoms with Crippen LogP contribution in [0.25, 0.3) is 16.9 Å². The summed E-state index contributed by atoms with van der Waals surface area (Å²) in [5, 5.41) is 15.8. The largest absolute Gasteiger partial charge is 0.289 e. The molecule has 0 saturated carbocycles. The van der Waals surface area contributed by atoms with Gasteiger partial charge in [0.2, 0.25) is 0 Å². The van der Waals surface area contributed by atoms with Gasteiger partial charge < -0.3 is 0 Å². The maximum Gasteiger partial charge on any atom is 0.289 e. The van der Waals surface area contributed by atoms with E-state index in [9.17, 15) is 4.79 Å². The van der Waals surface area contributed by atoms with Gasteiger partial charge in [0, 0.05) is 5.56 Å². The molecule has 0 aliphatic carbocycles. The monoisotopic (exact) mass is 412 g/mol. The van der Waals surface area contributed by atoms with Gasteiger partial charge in [-0.3, -0.25) is 9.89 Å². The summed E-state index contributed by atoms with van der Waals surface area (Å²) < 4.78 is 1.88. The fraction of sp³-hybridized carbons (Fsp3) is 0.167. The number of aryl methyl sites for hydroxylation is 2. The molecule has 7 heteroatoms. The summed E-state index contributed by atoms with van der Waals surface area (Å²) in [5.74, 6) is -0.356. The highest BCUT2D eigenvalue weighted by molar-refractivity contribution is 5.94. The minimum Gasteiger partial charge on any atom is -0.272 e. The van der Waals surface area contributed by atoms with Gasteiger partial charge in [-0.15, -0.1) is 0 Å². The number of para-hydroxylation sites is 1. The Morgan fingerprint density at radius 2 is 1.87 bits per heavy atom. The Bertz CT molecular complexity index is 1220. The maximum absolute atomic E-state index is 12.5. The zero-order valence-corrected chi connectivity index (χ0v) is 17.8. The lowest BCUT2D eigenvalue weighted by molar-refractivity contribution is 0.0950. The summed E-state index contributed by atoms with van der Waals surface area (Å²) in [7, 11) is 0. The van der Waals surface area contributed by atoms with Crippen LogP contribution < -0.4 is 5.43 Å². The summed E-state index contributed by atoms with van der Waals surface area (Å²) >= 11 is 0.